The molecule has 0 bridgehead atoms. The first-order valence-electron chi connectivity index (χ1n) is 10.4. The van der Waals surface area contributed by atoms with Gasteiger partial charge in [-0.1, -0.05) is 59.8 Å². The molecule has 1 saturated heterocycles. The molecule has 31 heavy (non-hydrogen) atoms. The number of carbonyl (C=O) groups excluding carboxylic acids is 2. The lowest BCUT2D eigenvalue weighted by molar-refractivity contribution is -0.132. The maximum absolute atomic E-state index is 12.8. The van der Waals surface area contributed by atoms with Crippen molar-refractivity contribution in [1.82, 2.24) is 14.5 Å². The number of hydrogen-bond donors (Lipinski definition) is 1. The number of amides is 2. The van der Waals surface area contributed by atoms with E-state index in [9.17, 15) is 9.59 Å². The normalized spacial score (nSPS) is 16.3. The van der Waals surface area contributed by atoms with Crippen LogP contribution >= 0.6 is 11.8 Å². The number of aryl methyl sites for hydroxylation is 1. The van der Waals surface area contributed by atoms with E-state index in [1.807, 2.05) is 24.4 Å². The fourth-order valence-corrected chi connectivity index (χ4v) is 4.74. The van der Waals surface area contributed by atoms with E-state index in [1.165, 1.54) is 17.3 Å². The number of rotatable bonds is 6. The number of aromatic nitrogens is 2. The van der Waals surface area contributed by atoms with Gasteiger partial charge in [-0.25, -0.2) is 4.98 Å². The highest BCUT2D eigenvalue weighted by Crippen LogP contribution is 2.30. The van der Waals surface area contributed by atoms with Gasteiger partial charge in [-0.2, -0.15) is 0 Å². The molecule has 1 aliphatic rings. The molecule has 4 rings (SSSR count). The summed E-state index contributed by atoms with van der Waals surface area (Å²) in [5.74, 6) is -0.298. The van der Waals surface area contributed by atoms with Gasteiger partial charge in [0, 0.05) is 24.3 Å². The van der Waals surface area contributed by atoms with Crippen LogP contribution < -0.4 is 5.73 Å². The predicted octanol–water partition coefficient (Wildman–Crippen LogP) is 3.66. The van der Waals surface area contributed by atoms with Crippen molar-refractivity contribution in [2.45, 2.75) is 24.9 Å². The standard InChI is InChI=1S/C24H26N4O2S/c1-17-9-11-20(12-10-17)28-21(18-6-3-2-4-7-18)14-26-24(28)31-16-22(29)27-13-5-8-19(15-27)23(25)30/h2-4,6-7,9-12,14,19H,5,8,13,15-16H2,1H3,(H2,25,30). The molecule has 1 fully saturated rings. The summed E-state index contributed by atoms with van der Waals surface area (Å²) < 4.78 is 2.09. The Balaban J connectivity index is 1.57. The first-order valence-corrected chi connectivity index (χ1v) is 11.4. The van der Waals surface area contributed by atoms with E-state index in [0.29, 0.717) is 13.1 Å². The monoisotopic (exact) mass is 434 g/mol. The van der Waals surface area contributed by atoms with Crippen LogP contribution in [0.15, 0.2) is 66.0 Å². The molecule has 0 spiro atoms. The Morgan fingerprint density at radius 1 is 1.13 bits per heavy atom. The Morgan fingerprint density at radius 3 is 2.58 bits per heavy atom. The number of nitrogens with two attached hydrogens (primary N) is 1. The minimum atomic E-state index is -0.326. The molecular weight excluding hydrogens is 408 g/mol. The zero-order valence-electron chi connectivity index (χ0n) is 17.5. The third-order valence-corrected chi connectivity index (χ3v) is 6.53. The van der Waals surface area contributed by atoms with Crippen LogP contribution in [0.25, 0.3) is 16.9 Å². The van der Waals surface area contributed by atoms with E-state index in [1.54, 1.807) is 4.90 Å². The summed E-state index contributed by atoms with van der Waals surface area (Å²) in [4.78, 5) is 30.7. The molecule has 0 saturated carbocycles. The van der Waals surface area contributed by atoms with Crippen LogP contribution in [0.2, 0.25) is 0 Å². The fourth-order valence-electron chi connectivity index (χ4n) is 3.85. The Kier molecular flexibility index (Phi) is 6.42. The summed E-state index contributed by atoms with van der Waals surface area (Å²) in [5, 5.41) is 0.763. The number of primary amides is 1. The van der Waals surface area contributed by atoms with E-state index in [2.05, 4.69) is 52.9 Å². The lowest BCUT2D eigenvalue weighted by Crippen LogP contribution is -2.44. The third-order valence-electron chi connectivity index (χ3n) is 5.59. The minimum Gasteiger partial charge on any atom is -0.369 e. The molecule has 1 unspecified atom stereocenters. The maximum Gasteiger partial charge on any atom is 0.233 e. The van der Waals surface area contributed by atoms with Crippen molar-refractivity contribution in [3.63, 3.8) is 0 Å². The van der Waals surface area contributed by atoms with Crippen molar-refractivity contribution in [2.75, 3.05) is 18.8 Å². The Hall–Kier alpha value is -3.06. The van der Waals surface area contributed by atoms with Crippen LogP contribution in [0.5, 0.6) is 0 Å². The predicted molar refractivity (Wildman–Crippen MR) is 123 cm³/mol. The highest BCUT2D eigenvalue weighted by molar-refractivity contribution is 7.99. The number of carbonyl (C=O) groups is 2. The van der Waals surface area contributed by atoms with E-state index in [0.717, 1.165) is 34.9 Å². The van der Waals surface area contributed by atoms with Gasteiger partial charge in [-0.05, 0) is 31.9 Å². The van der Waals surface area contributed by atoms with Gasteiger partial charge >= 0.3 is 0 Å². The van der Waals surface area contributed by atoms with Gasteiger partial charge < -0.3 is 10.6 Å². The van der Waals surface area contributed by atoms with Crippen LogP contribution in [0.4, 0.5) is 0 Å². The number of imidazole rings is 1. The molecule has 1 aromatic heterocycles. The van der Waals surface area contributed by atoms with Crippen LogP contribution in [-0.4, -0.2) is 45.1 Å². The molecule has 1 atom stereocenters. The third kappa shape index (κ3) is 4.82. The topological polar surface area (TPSA) is 81.2 Å². The van der Waals surface area contributed by atoms with Crippen LogP contribution in [0.1, 0.15) is 18.4 Å². The lowest BCUT2D eigenvalue weighted by atomic mass is 9.97. The average molecular weight is 435 g/mol. The van der Waals surface area contributed by atoms with Crippen molar-refractivity contribution < 1.29 is 9.59 Å². The van der Waals surface area contributed by atoms with E-state index in [4.69, 9.17) is 5.73 Å². The number of thioether (sulfide) groups is 1. The summed E-state index contributed by atoms with van der Waals surface area (Å²) >= 11 is 1.42. The molecule has 160 valence electrons. The van der Waals surface area contributed by atoms with E-state index >= 15 is 0 Å². The molecule has 2 heterocycles. The minimum absolute atomic E-state index is 0.00988. The van der Waals surface area contributed by atoms with E-state index < -0.39 is 0 Å². The molecule has 2 amide bonds. The second-order valence-corrected chi connectivity index (χ2v) is 8.78. The molecule has 2 N–H and O–H groups in total. The quantitative estimate of drug-likeness (QED) is 0.600. The molecule has 7 heteroatoms. The van der Waals surface area contributed by atoms with Gasteiger partial charge in [0.25, 0.3) is 0 Å². The molecule has 0 radical (unpaired) electrons. The fraction of sp³-hybridized carbons (Fsp3) is 0.292. The van der Waals surface area contributed by atoms with Crippen molar-refractivity contribution in [3.05, 3.63) is 66.4 Å². The van der Waals surface area contributed by atoms with Crippen molar-refractivity contribution in [3.8, 4) is 16.9 Å². The summed E-state index contributed by atoms with van der Waals surface area (Å²) in [5.41, 5.74) is 9.68. The summed E-state index contributed by atoms with van der Waals surface area (Å²) in [6, 6.07) is 18.4. The molecule has 2 aromatic carbocycles. The molecular formula is C24H26N4O2S. The van der Waals surface area contributed by atoms with Gasteiger partial charge in [0.15, 0.2) is 5.16 Å². The smallest absolute Gasteiger partial charge is 0.233 e. The first kappa shape index (κ1) is 21.2. The van der Waals surface area contributed by atoms with Gasteiger partial charge in [0.2, 0.25) is 11.8 Å². The largest absolute Gasteiger partial charge is 0.369 e. The number of benzene rings is 2. The highest BCUT2D eigenvalue weighted by atomic mass is 32.2. The van der Waals surface area contributed by atoms with Gasteiger partial charge in [-0.15, -0.1) is 0 Å². The lowest BCUT2D eigenvalue weighted by Gasteiger charge is -2.31. The van der Waals surface area contributed by atoms with Gasteiger partial charge in [0.1, 0.15) is 0 Å². The average Bonchev–Trinajstić information content (AvgIpc) is 3.22. The summed E-state index contributed by atoms with van der Waals surface area (Å²) in [7, 11) is 0. The summed E-state index contributed by atoms with van der Waals surface area (Å²) in [6.07, 6.45) is 3.41. The van der Waals surface area contributed by atoms with Crippen molar-refractivity contribution >= 4 is 23.6 Å². The van der Waals surface area contributed by atoms with Crippen LogP contribution in [-0.2, 0) is 9.59 Å². The summed E-state index contributed by atoms with van der Waals surface area (Å²) in [6.45, 7) is 3.14. The van der Waals surface area contributed by atoms with Crippen molar-refractivity contribution in [2.24, 2.45) is 11.7 Å². The van der Waals surface area contributed by atoms with Crippen LogP contribution in [0.3, 0.4) is 0 Å². The van der Waals surface area contributed by atoms with Crippen molar-refractivity contribution in [1.29, 1.82) is 0 Å². The first-order chi connectivity index (χ1) is 15.0. The Morgan fingerprint density at radius 2 is 1.87 bits per heavy atom. The second-order valence-electron chi connectivity index (χ2n) is 7.83. The number of nitrogens with zero attached hydrogens (tertiary/aromatic N) is 3. The number of likely N-dealkylation sites (tertiary alicyclic amines) is 1. The van der Waals surface area contributed by atoms with Gasteiger partial charge in [-0.3, -0.25) is 14.2 Å². The zero-order valence-corrected chi connectivity index (χ0v) is 18.3. The molecule has 6 nitrogen and oxygen atoms in total. The number of piperidine rings is 1. The number of hydrogen-bond acceptors (Lipinski definition) is 4. The van der Waals surface area contributed by atoms with Gasteiger partial charge in [0.05, 0.1) is 23.6 Å². The Bertz CT molecular complexity index is 1060. The van der Waals surface area contributed by atoms with E-state index in [-0.39, 0.29) is 23.5 Å². The molecule has 3 aromatic rings. The molecule has 1 aliphatic heterocycles. The second kappa shape index (κ2) is 9.39. The SMILES string of the molecule is Cc1ccc(-n2c(-c3ccccc3)cnc2SCC(=O)N2CCCC(C(N)=O)C2)cc1. The van der Waals surface area contributed by atoms with Crippen LogP contribution in [0, 0.1) is 12.8 Å². The maximum atomic E-state index is 12.8. The zero-order chi connectivity index (χ0) is 21.8. The Labute approximate surface area is 186 Å². The molecule has 0 aliphatic carbocycles. The highest BCUT2D eigenvalue weighted by Gasteiger charge is 2.27.